The van der Waals surface area contributed by atoms with E-state index in [0.717, 1.165) is 6.42 Å². The summed E-state index contributed by atoms with van der Waals surface area (Å²) in [7, 11) is 0. The minimum absolute atomic E-state index is 0.0378. The Morgan fingerprint density at radius 3 is 2.65 bits per heavy atom. The largest absolute Gasteiger partial charge is 0.355 e. The third kappa shape index (κ3) is 4.20. The van der Waals surface area contributed by atoms with Gasteiger partial charge in [0.25, 0.3) is 11.6 Å². The van der Waals surface area contributed by atoms with Crippen LogP contribution in [0, 0.1) is 10.1 Å². The number of halogens is 1. The van der Waals surface area contributed by atoms with Gasteiger partial charge in [-0.05, 0) is 12.5 Å². The molecule has 1 aromatic carbocycles. The third-order valence-electron chi connectivity index (χ3n) is 2.40. The molecule has 1 rings (SSSR count). The fourth-order valence-corrected chi connectivity index (χ4v) is 1.70. The molecule has 0 spiro atoms. The fraction of sp³-hybridized carbons (Fsp3) is 0.333. The quantitative estimate of drug-likeness (QED) is 0.614. The van der Waals surface area contributed by atoms with Crippen LogP contribution in [0.2, 0.25) is 5.02 Å². The molecule has 0 radical (unpaired) electrons. The average Bonchev–Trinajstić information content (AvgIpc) is 2.42. The summed E-state index contributed by atoms with van der Waals surface area (Å²) in [4.78, 5) is 33.2. The van der Waals surface area contributed by atoms with Crippen molar-refractivity contribution >= 4 is 29.1 Å². The van der Waals surface area contributed by atoms with Crippen molar-refractivity contribution in [3.63, 3.8) is 0 Å². The van der Waals surface area contributed by atoms with Gasteiger partial charge in [-0.25, -0.2) is 0 Å². The summed E-state index contributed by atoms with van der Waals surface area (Å²) in [6.45, 7) is 2.21. The van der Waals surface area contributed by atoms with Gasteiger partial charge >= 0.3 is 0 Å². The van der Waals surface area contributed by atoms with Crippen LogP contribution >= 0.6 is 11.6 Å². The van der Waals surface area contributed by atoms with Gasteiger partial charge in [-0.2, -0.15) is 0 Å². The Morgan fingerprint density at radius 1 is 1.35 bits per heavy atom. The van der Waals surface area contributed by atoms with Crippen LogP contribution in [-0.2, 0) is 4.79 Å². The Bertz CT molecular complexity index is 533. The summed E-state index contributed by atoms with van der Waals surface area (Å²) in [6.07, 6.45) is 0.788. The van der Waals surface area contributed by atoms with E-state index in [0.29, 0.717) is 6.54 Å². The molecule has 0 aliphatic heterocycles. The zero-order valence-electron chi connectivity index (χ0n) is 10.8. The van der Waals surface area contributed by atoms with E-state index >= 15 is 0 Å². The van der Waals surface area contributed by atoms with E-state index < -0.39 is 10.8 Å². The number of nitro groups is 1. The molecule has 0 unspecified atom stereocenters. The van der Waals surface area contributed by atoms with Gasteiger partial charge in [-0.1, -0.05) is 24.6 Å². The highest BCUT2D eigenvalue weighted by atomic mass is 35.5. The number of nitro benzene ring substituents is 1. The molecule has 20 heavy (non-hydrogen) atoms. The van der Waals surface area contributed by atoms with Crippen LogP contribution in [0.15, 0.2) is 18.2 Å². The Hall–Kier alpha value is -2.15. The molecule has 0 saturated carbocycles. The standard InChI is InChI=1S/C12H14ClN3O4/c1-2-6-14-10(17)7-15-12(18)8-4-3-5-9(11(8)13)16(19)20/h3-5H,2,6-7H2,1H3,(H,14,17)(H,15,18). The number of hydrogen-bond donors (Lipinski definition) is 2. The van der Waals surface area contributed by atoms with Crippen LogP contribution in [0.4, 0.5) is 5.69 Å². The normalized spacial score (nSPS) is 9.90. The zero-order valence-corrected chi connectivity index (χ0v) is 11.6. The molecule has 0 heterocycles. The molecule has 2 N–H and O–H groups in total. The molecule has 0 fully saturated rings. The van der Waals surface area contributed by atoms with Crippen LogP contribution in [0.3, 0.4) is 0 Å². The Kier molecular flexibility index (Phi) is 5.92. The first kappa shape index (κ1) is 15.9. The molecule has 1 aromatic rings. The minimum Gasteiger partial charge on any atom is -0.355 e. The van der Waals surface area contributed by atoms with Crippen LogP contribution in [0.1, 0.15) is 23.7 Å². The smallest absolute Gasteiger partial charge is 0.288 e. The van der Waals surface area contributed by atoms with Gasteiger partial charge in [0, 0.05) is 12.6 Å². The average molecular weight is 300 g/mol. The summed E-state index contributed by atoms with van der Waals surface area (Å²) in [6, 6.07) is 3.91. The minimum atomic E-state index is -0.674. The number of nitrogens with one attached hydrogen (secondary N) is 2. The van der Waals surface area contributed by atoms with E-state index in [9.17, 15) is 19.7 Å². The first-order chi connectivity index (χ1) is 9.47. The Balaban J connectivity index is 2.71. The highest BCUT2D eigenvalue weighted by molar-refractivity contribution is 6.35. The number of carbonyl (C=O) groups excluding carboxylic acids is 2. The molecule has 108 valence electrons. The SMILES string of the molecule is CCCNC(=O)CNC(=O)c1cccc([N+](=O)[O-])c1Cl. The molecule has 0 aliphatic carbocycles. The zero-order chi connectivity index (χ0) is 15.1. The molecular weight excluding hydrogens is 286 g/mol. The maximum absolute atomic E-state index is 11.8. The Labute approximate surface area is 120 Å². The molecule has 0 aliphatic rings. The molecule has 0 atom stereocenters. The summed E-state index contributed by atoms with van der Waals surface area (Å²) in [5.41, 5.74) is -0.390. The van der Waals surface area contributed by atoms with Crippen LogP contribution in [0.5, 0.6) is 0 Å². The highest BCUT2D eigenvalue weighted by Crippen LogP contribution is 2.27. The van der Waals surface area contributed by atoms with E-state index in [1.54, 1.807) is 0 Å². The van der Waals surface area contributed by atoms with Crippen molar-refractivity contribution in [1.29, 1.82) is 0 Å². The lowest BCUT2D eigenvalue weighted by molar-refractivity contribution is -0.384. The topological polar surface area (TPSA) is 101 Å². The lowest BCUT2D eigenvalue weighted by Gasteiger charge is -2.07. The van der Waals surface area contributed by atoms with Crippen LogP contribution < -0.4 is 10.6 Å². The van der Waals surface area contributed by atoms with E-state index in [1.807, 2.05) is 6.92 Å². The number of carbonyl (C=O) groups is 2. The van der Waals surface area contributed by atoms with Crippen molar-refractivity contribution in [3.8, 4) is 0 Å². The number of hydrogen-bond acceptors (Lipinski definition) is 4. The second kappa shape index (κ2) is 7.44. The van der Waals surface area contributed by atoms with Gasteiger partial charge in [0.1, 0.15) is 5.02 Å². The maximum atomic E-state index is 11.8. The predicted octanol–water partition coefficient (Wildman–Crippen LogP) is 1.50. The molecular formula is C12H14ClN3O4. The molecule has 7 nitrogen and oxygen atoms in total. The molecule has 2 amide bonds. The van der Waals surface area contributed by atoms with Crippen molar-refractivity contribution in [2.75, 3.05) is 13.1 Å². The summed E-state index contributed by atoms with van der Waals surface area (Å²) < 4.78 is 0. The van der Waals surface area contributed by atoms with Crippen molar-refractivity contribution in [3.05, 3.63) is 38.9 Å². The van der Waals surface area contributed by atoms with Crippen LogP contribution in [-0.4, -0.2) is 29.8 Å². The van der Waals surface area contributed by atoms with Gasteiger partial charge < -0.3 is 10.6 Å². The van der Waals surface area contributed by atoms with E-state index in [4.69, 9.17) is 11.6 Å². The van der Waals surface area contributed by atoms with Gasteiger partial charge in [0.2, 0.25) is 5.91 Å². The summed E-state index contributed by atoms with van der Waals surface area (Å²) in [5.74, 6) is -0.966. The summed E-state index contributed by atoms with van der Waals surface area (Å²) >= 11 is 5.79. The number of nitrogens with zero attached hydrogens (tertiary/aromatic N) is 1. The summed E-state index contributed by atoms with van der Waals surface area (Å²) in [5, 5.41) is 15.4. The van der Waals surface area contributed by atoms with E-state index in [2.05, 4.69) is 10.6 Å². The van der Waals surface area contributed by atoms with Gasteiger partial charge in [-0.3, -0.25) is 19.7 Å². The lowest BCUT2D eigenvalue weighted by atomic mass is 10.2. The number of amides is 2. The predicted molar refractivity (Wildman–Crippen MR) is 73.7 cm³/mol. The van der Waals surface area contributed by atoms with Gasteiger partial charge in [0.15, 0.2) is 0 Å². The van der Waals surface area contributed by atoms with Crippen molar-refractivity contribution in [2.24, 2.45) is 0 Å². The van der Waals surface area contributed by atoms with E-state index in [-0.39, 0.29) is 28.7 Å². The second-order valence-corrected chi connectivity index (χ2v) is 4.31. The van der Waals surface area contributed by atoms with Crippen molar-refractivity contribution in [2.45, 2.75) is 13.3 Å². The van der Waals surface area contributed by atoms with Crippen molar-refractivity contribution < 1.29 is 14.5 Å². The third-order valence-corrected chi connectivity index (χ3v) is 2.80. The Morgan fingerprint density at radius 2 is 2.05 bits per heavy atom. The monoisotopic (exact) mass is 299 g/mol. The highest BCUT2D eigenvalue weighted by Gasteiger charge is 2.19. The first-order valence-corrected chi connectivity index (χ1v) is 6.33. The molecule has 0 aromatic heterocycles. The van der Waals surface area contributed by atoms with Gasteiger partial charge in [-0.15, -0.1) is 0 Å². The van der Waals surface area contributed by atoms with Gasteiger partial charge in [0.05, 0.1) is 17.0 Å². The first-order valence-electron chi connectivity index (χ1n) is 5.95. The van der Waals surface area contributed by atoms with Crippen molar-refractivity contribution in [1.82, 2.24) is 10.6 Å². The molecule has 0 saturated heterocycles. The fourth-order valence-electron chi connectivity index (χ4n) is 1.42. The molecule has 0 bridgehead atoms. The maximum Gasteiger partial charge on any atom is 0.288 e. The number of benzene rings is 1. The second-order valence-electron chi connectivity index (χ2n) is 3.93. The van der Waals surface area contributed by atoms with E-state index in [1.165, 1.54) is 18.2 Å². The molecule has 8 heteroatoms. The van der Waals surface area contributed by atoms with Crippen LogP contribution in [0.25, 0.3) is 0 Å². The number of rotatable bonds is 6. The lowest BCUT2D eigenvalue weighted by Crippen LogP contribution is -2.37.